The summed E-state index contributed by atoms with van der Waals surface area (Å²) in [5.74, 6) is 0.791. The molecular formula is C21H21N3O4. The van der Waals surface area contributed by atoms with Crippen molar-refractivity contribution in [1.29, 1.82) is 5.26 Å². The number of nitrogens with one attached hydrogen (secondary N) is 1. The molecule has 1 aliphatic heterocycles. The highest BCUT2D eigenvalue weighted by Gasteiger charge is 2.34. The third-order valence-corrected chi connectivity index (χ3v) is 4.56. The van der Waals surface area contributed by atoms with E-state index in [4.69, 9.17) is 14.7 Å². The number of benzene rings is 2. The molecule has 3 rings (SSSR count). The van der Waals surface area contributed by atoms with Crippen molar-refractivity contribution in [1.82, 2.24) is 4.90 Å². The van der Waals surface area contributed by atoms with Crippen molar-refractivity contribution in [3.05, 3.63) is 54.1 Å². The predicted octanol–water partition coefficient (Wildman–Crippen LogP) is 2.43. The van der Waals surface area contributed by atoms with Crippen LogP contribution in [0.25, 0.3) is 0 Å². The number of rotatable bonds is 7. The number of carbonyl (C=O) groups excluding carboxylic acids is 2. The van der Waals surface area contributed by atoms with Gasteiger partial charge in [0, 0.05) is 18.7 Å². The minimum Gasteiger partial charge on any atom is -0.497 e. The summed E-state index contributed by atoms with van der Waals surface area (Å²) in [6.07, 6.45) is 0.185. The first kappa shape index (κ1) is 19.2. The van der Waals surface area contributed by atoms with Crippen LogP contribution in [0.15, 0.2) is 48.5 Å². The highest BCUT2D eigenvalue weighted by Crippen LogP contribution is 2.21. The average Bonchev–Trinajstić information content (AvgIpc) is 3.10. The van der Waals surface area contributed by atoms with Gasteiger partial charge in [0.25, 0.3) is 0 Å². The van der Waals surface area contributed by atoms with E-state index < -0.39 is 5.92 Å². The molecule has 7 heteroatoms. The van der Waals surface area contributed by atoms with Gasteiger partial charge in [-0.3, -0.25) is 9.59 Å². The molecule has 7 nitrogen and oxygen atoms in total. The number of amides is 2. The van der Waals surface area contributed by atoms with Crippen LogP contribution >= 0.6 is 0 Å². The molecule has 1 heterocycles. The summed E-state index contributed by atoms with van der Waals surface area (Å²) in [7, 11) is 1.60. The molecule has 0 saturated carbocycles. The molecule has 144 valence electrons. The second-order valence-corrected chi connectivity index (χ2v) is 6.44. The zero-order valence-electron chi connectivity index (χ0n) is 15.6. The van der Waals surface area contributed by atoms with E-state index in [0.29, 0.717) is 36.7 Å². The first-order chi connectivity index (χ1) is 13.6. The number of likely N-dealkylation sites (tertiary alicyclic amines) is 1. The van der Waals surface area contributed by atoms with Gasteiger partial charge in [-0.1, -0.05) is 0 Å². The number of methoxy groups -OCH3 is 1. The van der Waals surface area contributed by atoms with Gasteiger partial charge in [-0.15, -0.1) is 0 Å². The largest absolute Gasteiger partial charge is 0.497 e. The average molecular weight is 379 g/mol. The van der Waals surface area contributed by atoms with Gasteiger partial charge >= 0.3 is 0 Å². The molecule has 1 atom stereocenters. The number of hydrogen-bond acceptors (Lipinski definition) is 5. The predicted molar refractivity (Wildman–Crippen MR) is 103 cm³/mol. The summed E-state index contributed by atoms with van der Waals surface area (Å²) >= 11 is 0. The lowest BCUT2D eigenvalue weighted by atomic mass is 10.1. The highest BCUT2D eigenvalue weighted by atomic mass is 16.5. The van der Waals surface area contributed by atoms with Gasteiger partial charge < -0.3 is 19.7 Å². The van der Waals surface area contributed by atoms with E-state index in [1.165, 1.54) is 0 Å². The standard InChI is InChI=1S/C21H21N3O4/c1-27-18-6-8-19(9-7-18)28-11-10-24-14-16(12-20(24)25)21(26)23-17-4-2-15(13-22)3-5-17/h2-9,16H,10-12,14H2,1H3,(H,23,26). The molecule has 0 bridgehead atoms. The Hall–Kier alpha value is -3.53. The van der Waals surface area contributed by atoms with Gasteiger partial charge in [0.1, 0.15) is 18.1 Å². The van der Waals surface area contributed by atoms with E-state index in [-0.39, 0.29) is 18.2 Å². The summed E-state index contributed by atoms with van der Waals surface area (Å²) in [6.45, 7) is 1.14. The van der Waals surface area contributed by atoms with Crippen LogP contribution in [0.1, 0.15) is 12.0 Å². The molecule has 2 amide bonds. The molecule has 1 saturated heterocycles. The molecule has 1 fully saturated rings. The Morgan fingerprint density at radius 2 is 1.86 bits per heavy atom. The van der Waals surface area contributed by atoms with E-state index >= 15 is 0 Å². The Morgan fingerprint density at radius 1 is 1.18 bits per heavy atom. The molecule has 28 heavy (non-hydrogen) atoms. The number of anilines is 1. The van der Waals surface area contributed by atoms with E-state index in [1.807, 2.05) is 6.07 Å². The number of hydrogen-bond donors (Lipinski definition) is 1. The van der Waals surface area contributed by atoms with Gasteiger partial charge in [-0.2, -0.15) is 5.26 Å². The first-order valence-corrected chi connectivity index (χ1v) is 8.94. The Balaban J connectivity index is 1.47. The fourth-order valence-corrected chi connectivity index (χ4v) is 2.98. The van der Waals surface area contributed by atoms with Crippen LogP contribution in [0, 0.1) is 17.2 Å². The topological polar surface area (TPSA) is 91.7 Å². The Bertz CT molecular complexity index is 872. The SMILES string of the molecule is COc1ccc(OCCN2CC(C(=O)Nc3ccc(C#N)cc3)CC2=O)cc1. The lowest BCUT2D eigenvalue weighted by Gasteiger charge is -2.17. The fourth-order valence-electron chi connectivity index (χ4n) is 2.98. The van der Waals surface area contributed by atoms with Crippen LogP contribution in [0.3, 0.4) is 0 Å². The Labute approximate surface area is 163 Å². The van der Waals surface area contributed by atoms with Crippen molar-refractivity contribution in [2.24, 2.45) is 5.92 Å². The number of ether oxygens (including phenoxy) is 2. The summed E-state index contributed by atoms with van der Waals surface area (Å²) in [5, 5.41) is 11.6. The third kappa shape index (κ3) is 4.80. The highest BCUT2D eigenvalue weighted by molar-refractivity contribution is 5.97. The summed E-state index contributed by atoms with van der Waals surface area (Å²) in [5.41, 5.74) is 1.13. The van der Waals surface area contributed by atoms with Crippen molar-refractivity contribution >= 4 is 17.5 Å². The minimum absolute atomic E-state index is 0.0571. The molecule has 2 aromatic rings. The maximum atomic E-state index is 12.4. The molecule has 0 spiro atoms. The van der Waals surface area contributed by atoms with E-state index in [9.17, 15) is 9.59 Å². The van der Waals surface area contributed by atoms with Crippen LogP contribution in [-0.2, 0) is 9.59 Å². The maximum Gasteiger partial charge on any atom is 0.229 e. The normalized spacial score (nSPS) is 15.8. The lowest BCUT2D eigenvalue weighted by Crippen LogP contribution is -2.31. The van der Waals surface area contributed by atoms with Crippen molar-refractivity contribution in [3.63, 3.8) is 0 Å². The van der Waals surface area contributed by atoms with Gasteiger partial charge in [0.05, 0.1) is 31.2 Å². The zero-order valence-corrected chi connectivity index (χ0v) is 15.6. The lowest BCUT2D eigenvalue weighted by molar-refractivity contribution is -0.128. The Kier molecular flexibility index (Phi) is 6.12. The van der Waals surface area contributed by atoms with Crippen molar-refractivity contribution in [2.75, 3.05) is 32.1 Å². The van der Waals surface area contributed by atoms with Crippen LogP contribution in [0.5, 0.6) is 11.5 Å². The number of carbonyl (C=O) groups is 2. The molecular weight excluding hydrogens is 358 g/mol. The van der Waals surface area contributed by atoms with Crippen LogP contribution in [-0.4, -0.2) is 43.5 Å². The van der Waals surface area contributed by atoms with E-state index in [2.05, 4.69) is 5.32 Å². The maximum absolute atomic E-state index is 12.4. The minimum atomic E-state index is -0.399. The second kappa shape index (κ2) is 8.91. The first-order valence-electron chi connectivity index (χ1n) is 8.94. The van der Waals surface area contributed by atoms with Crippen LogP contribution in [0.4, 0.5) is 5.69 Å². The summed E-state index contributed by atoms with van der Waals surface area (Å²) < 4.78 is 10.7. The van der Waals surface area contributed by atoms with Crippen LogP contribution in [0.2, 0.25) is 0 Å². The van der Waals surface area contributed by atoms with Gasteiger partial charge in [0.15, 0.2) is 0 Å². The molecule has 0 aliphatic carbocycles. The molecule has 2 aromatic carbocycles. The number of nitriles is 1. The van der Waals surface area contributed by atoms with E-state index in [0.717, 1.165) is 5.75 Å². The third-order valence-electron chi connectivity index (χ3n) is 4.56. The quantitative estimate of drug-likeness (QED) is 0.798. The van der Waals surface area contributed by atoms with Crippen LogP contribution < -0.4 is 14.8 Å². The molecule has 0 aromatic heterocycles. The molecule has 1 unspecified atom stereocenters. The molecule has 1 aliphatic rings. The summed E-state index contributed by atoms with van der Waals surface area (Å²) in [6, 6.07) is 15.9. The van der Waals surface area contributed by atoms with E-state index in [1.54, 1.807) is 60.5 Å². The van der Waals surface area contributed by atoms with Crippen molar-refractivity contribution in [3.8, 4) is 17.6 Å². The van der Waals surface area contributed by atoms with Gasteiger partial charge in [-0.05, 0) is 48.5 Å². The van der Waals surface area contributed by atoms with Gasteiger partial charge in [0.2, 0.25) is 11.8 Å². The smallest absolute Gasteiger partial charge is 0.229 e. The number of nitrogens with zero attached hydrogens (tertiary/aromatic N) is 2. The zero-order chi connectivity index (χ0) is 19.9. The summed E-state index contributed by atoms with van der Waals surface area (Å²) in [4.78, 5) is 26.3. The Morgan fingerprint density at radius 3 is 2.50 bits per heavy atom. The molecule has 1 N–H and O–H groups in total. The van der Waals surface area contributed by atoms with Gasteiger partial charge in [-0.25, -0.2) is 0 Å². The monoisotopic (exact) mass is 379 g/mol. The van der Waals surface area contributed by atoms with Crippen molar-refractivity contribution in [2.45, 2.75) is 6.42 Å². The second-order valence-electron chi connectivity index (χ2n) is 6.44. The molecule has 0 radical (unpaired) electrons. The fraction of sp³-hybridized carbons (Fsp3) is 0.286. The van der Waals surface area contributed by atoms with Crippen molar-refractivity contribution < 1.29 is 19.1 Å².